The molecule has 1 unspecified atom stereocenters. The van der Waals surface area contributed by atoms with E-state index in [-0.39, 0.29) is 43.2 Å². The number of ether oxygens (including phenoxy) is 1. The molecular formula is C24H22N4O5. The number of carbonyl (C=O) groups excluding carboxylic acids is 3. The minimum Gasteiger partial charge on any atom is -0.488 e. The molecule has 9 nitrogen and oxygen atoms in total. The second-order valence-electron chi connectivity index (χ2n) is 8.03. The van der Waals surface area contributed by atoms with Gasteiger partial charge in [0.05, 0.1) is 12.1 Å². The first-order chi connectivity index (χ1) is 16.1. The minimum atomic E-state index is -0.288. The Balaban J connectivity index is 1.26. The van der Waals surface area contributed by atoms with E-state index >= 15 is 0 Å². The van der Waals surface area contributed by atoms with Gasteiger partial charge in [-0.05, 0) is 12.1 Å². The van der Waals surface area contributed by atoms with Crippen LogP contribution in [0.25, 0.3) is 22.8 Å². The molecule has 3 amide bonds. The Morgan fingerprint density at radius 2 is 1.76 bits per heavy atom. The van der Waals surface area contributed by atoms with Crippen LogP contribution in [0.2, 0.25) is 0 Å². The van der Waals surface area contributed by atoms with Crippen LogP contribution in [0.15, 0.2) is 59.1 Å². The summed E-state index contributed by atoms with van der Waals surface area (Å²) in [5.74, 6) is 0.602. The average Bonchev–Trinajstić information content (AvgIpc) is 3.58. The van der Waals surface area contributed by atoms with Crippen molar-refractivity contribution in [2.24, 2.45) is 0 Å². The Kier molecular flexibility index (Phi) is 5.60. The van der Waals surface area contributed by atoms with E-state index in [1.807, 2.05) is 54.6 Å². The lowest BCUT2D eigenvalue weighted by Crippen LogP contribution is -2.42. The molecule has 168 valence electrons. The smallest absolute Gasteiger partial charge is 0.262 e. The highest BCUT2D eigenvalue weighted by Gasteiger charge is 2.34. The predicted molar refractivity (Wildman–Crippen MR) is 117 cm³/mol. The molecule has 3 aromatic rings. The quantitative estimate of drug-likeness (QED) is 0.536. The molecule has 0 bridgehead atoms. The normalized spacial score (nSPS) is 18.2. The summed E-state index contributed by atoms with van der Waals surface area (Å²) in [6.45, 7) is 0.675. The van der Waals surface area contributed by atoms with Gasteiger partial charge in [-0.1, -0.05) is 47.6 Å². The number of amides is 3. The van der Waals surface area contributed by atoms with E-state index in [9.17, 15) is 14.4 Å². The number of nitrogens with zero attached hydrogens (tertiary/aromatic N) is 4. The predicted octanol–water partition coefficient (Wildman–Crippen LogP) is 2.53. The van der Waals surface area contributed by atoms with E-state index in [1.165, 1.54) is 0 Å². The van der Waals surface area contributed by atoms with Crippen molar-refractivity contribution in [2.75, 3.05) is 19.6 Å². The number of para-hydroxylation sites is 1. The van der Waals surface area contributed by atoms with Crippen LogP contribution in [-0.4, -0.2) is 63.4 Å². The number of hydrogen-bond donors (Lipinski definition) is 0. The Labute approximate surface area is 189 Å². The van der Waals surface area contributed by atoms with E-state index in [0.29, 0.717) is 42.5 Å². The van der Waals surface area contributed by atoms with Crippen LogP contribution in [0, 0.1) is 0 Å². The highest BCUT2D eigenvalue weighted by atomic mass is 16.5. The monoisotopic (exact) mass is 446 g/mol. The van der Waals surface area contributed by atoms with Gasteiger partial charge in [0.1, 0.15) is 18.4 Å². The Morgan fingerprint density at radius 3 is 2.55 bits per heavy atom. The van der Waals surface area contributed by atoms with Gasteiger partial charge < -0.3 is 14.2 Å². The molecule has 0 N–H and O–H groups in total. The van der Waals surface area contributed by atoms with Crippen LogP contribution < -0.4 is 4.74 Å². The maximum absolute atomic E-state index is 12.6. The Hall–Kier alpha value is -4.01. The van der Waals surface area contributed by atoms with E-state index in [2.05, 4.69) is 10.1 Å². The van der Waals surface area contributed by atoms with E-state index in [1.54, 1.807) is 4.90 Å². The first-order valence-electron chi connectivity index (χ1n) is 10.8. The number of rotatable bonds is 6. The summed E-state index contributed by atoms with van der Waals surface area (Å²) in [7, 11) is 0. The van der Waals surface area contributed by atoms with Gasteiger partial charge in [-0.3, -0.25) is 19.3 Å². The zero-order chi connectivity index (χ0) is 22.8. The molecule has 2 aliphatic heterocycles. The molecule has 2 fully saturated rings. The standard InChI is InChI=1S/C24H22N4O5/c29-20-10-11-21(30)28(20)15-22(31)27-13-12-17(14-27)32-19-9-5-4-8-18(19)24-25-23(26-33-24)16-6-2-1-3-7-16/h1-9,17H,10-15H2. The van der Waals surface area contributed by atoms with Crippen LogP contribution in [0.1, 0.15) is 19.3 Å². The summed E-state index contributed by atoms with van der Waals surface area (Å²) in [5, 5.41) is 4.08. The fraction of sp³-hybridized carbons (Fsp3) is 0.292. The third kappa shape index (κ3) is 4.34. The van der Waals surface area contributed by atoms with Crippen molar-refractivity contribution in [3.8, 4) is 28.6 Å². The molecule has 5 rings (SSSR count). The van der Waals surface area contributed by atoms with Gasteiger partial charge in [0.2, 0.25) is 23.5 Å². The lowest BCUT2D eigenvalue weighted by Gasteiger charge is -2.20. The summed E-state index contributed by atoms with van der Waals surface area (Å²) in [6, 6.07) is 16.9. The maximum Gasteiger partial charge on any atom is 0.262 e. The highest BCUT2D eigenvalue weighted by molar-refractivity contribution is 6.04. The van der Waals surface area contributed by atoms with Gasteiger partial charge in [-0.25, -0.2) is 0 Å². The molecule has 2 aromatic carbocycles. The van der Waals surface area contributed by atoms with Crippen molar-refractivity contribution in [3.63, 3.8) is 0 Å². The zero-order valence-electron chi connectivity index (χ0n) is 17.8. The number of imide groups is 1. The van der Waals surface area contributed by atoms with Crippen LogP contribution in [0.3, 0.4) is 0 Å². The lowest BCUT2D eigenvalue weighted by molar-refractivity contribution is -0.145. The summed E-state index contributed by atoms with van der Waals surface area (Å²) in [5.41, 5.74) is 1.52. The first kappa shape index (κ1) is 20.9. The topological polar surface area (TPSA) is 106 Å². The third-order valence-corrected chi connectivity index (χ3v) is 5.82. The fourth-order valence-corrected chi connectivity index (χ4v) is 4.05. The number of carbonyl (C=O) groups is 3. The Morgan fingerprint density at radius 1 is 1.03 bits per heavy atom. The molecule has 3 heterocycles. The van der Waals surface area contributed by atoms with Crippen LogP contribution >= 0.6 is 0 Å². The molecule has 0 saturated carbocycles. The number of likely N-dealkylation sites (tertiary alicyclic amines) is 2. The van der Waals surface area contributed by atoms with Crippen LogP contribution in [0.4, 0.5) is 0 Å². The van der Waals surface area contributed by atoms with Crippen molar-refractivity contribution in [3.05, 3.63) is 54.6 Å². The van der Waals surface area contributed by atoms with E-state index in [0.717, 1.165) is 10.5 Å². The van der Waals surface area contributed by atoms with Gasteiger partial charge >= 0.3 is 0 Å². The molecule has 0 aliphatic carbocycles. The molecule has 1 atom stereocenters. The van der Waals surface area contributed by atoms with Crippen molar-refractivity contribution >= 4 is 17.7 Å². The summed E-state index contributed by atoms with van der Waals surface area (Å²) >= 11 is 0. The lowest BCUT2D eigenvalue weighted by atomic mass is 10.2. The molecule has 33 heavy (non-hydrogen) atoms. The molecule has 9 heteroatoms. The molecule has 2 aliphatic rings. The van der Waals surface area contributed by atoms with E-state index in [4.69, 9.17) is 9.26 Å². The molecule has 1 aromatic heterocycles. The summed E-state index contributed by atoms with van der Waals surface area (Å²) in [6.07, 6.45) is 0.768. The van der Waals surface area contributed by atoms with Crippen LogP contribution in [0.5, 0.6) is 5.75 Å². The SMILES string of the molecule is O=C(CN1C(=O)CCC1=O)N1CCC(Oc2ccccc2-c2nc(-c3ccccc3)no2)C1. The van der Waals surface area contributed by atoms with Crippen molar-refractivity contribution in [2.45, 2.75) is 25.4 Å². The van der Waals surface area contributed by atoms with Gasteiger partial charge in [-0.2, -0.15) is 4.98 Å². The molecule has 0 radical (unpaired) electrons. The largest absolute Gasteiger partial charge is 0.488 e. The van der Waals surface area contributed by atoms with Gasteiger partial charge in [-0.15, -0.1) is 0 Å². The van der Waals surface area contributed by atoms with Crippen molar-refractivity contribution < 1.29 is 23.6 Å². The zero-order valence-corrected chi connectivity index (χ0v) is 17.8. The van der Waals surface area contributed by atoms with Crippen molar-refractivity contribution in [1.29, 1.82) is 0 Å². The fourth-order valence-electron chi connectivity index (χ4n) is 4.05. The molecule has 2 saturated heterocycles. The average molecular weight is 446 g/mol. The highest BCUT2D eigenvalue weighted by Crippen LogP contribution is 2.32. The van der Waals surface area contributed by atoms with Gasteiger partial charge in [0, 0.05) is 31.4 Å². The number of benzene rings is 2. The first-order valence-corrected chi connectivity index (χ1v) is 10.8. The van der Waals surface area contributed by atoms with E-state index < -0.39 is 0 Å². The van der Waals surface area contributed by atoms with Crippen LogP contribution in [-0.2, 0) is 14.4 Å². The summed E-state index contributed by atoms with van der Waals surface area (Å²) < 4.78 is 11.7. The number of aromatic nitrogens is 2. The second kappa shape index (κ2) is 8.85. The van der Waals surface area contributed by atoms with Gasteiger partial charge in [0.15, 0.2) is 0 Å². The van der Waals surface area contributed by atoms with Gasteiger partial charge in [0.25, 0.3) is 5.89 Å². The number of hydrogen-bond acceptors (Lipinski definition) is 7. The third-order valence-electron chi connectivity index (χ3n) is 5.82. The second-order valence-corrected chi connectivity index (χ2v) is 8.03. The Bertz CT molecular complexity index is 1180. The molecular weight excluding hydrogens is 424 g/mol. The van der Waals surface area contributed by atoms with Crippen molar-refractivity contribution in [1.82, 2.24) is 19.9 Å². The molecule has 0 spiro atoms. The maximum atomic E-state index is 12.6. The summed E-state index contributed by atoms with van der Waals surface area (Å²) in [4.78, 5) is 43.4. The minimum absolute atomic E-state index is 0.177.